The van der Waals surface area contributed by atoms with Crippen LogP contribution >= 0.6 is 11.8 Å². The summed E-state index contributed by atoms with van der Waals surface area (Å²) < 4.78 is 43.1. The van der Waals surface area contributed by atoms with Crippen molar-refractivity contribution in [1.82, 2.24) is 0 Å². The molecule has 0 unspecified atom stereocenters. The van der Waals surface area contributed by atoms with Gasteiger partial charge in [-0.05, 0) is 36.3 Å². The normalized spacial score (nSPS) is 14.8. The van der Waals surface area contributed by atoms with Gasteiger partial charge in [0, 0.05) is 11.8 Å². The standard InChI is InChI=1S/C12H9ClF3NO2/c1-19-11(18)8-2-4-9-7(6-8)3-5-10(17(9)13)12(14,15)16/h2,4-6H,3H2,1H3. The molecule has 7 heteroatoms. The highest BCUT2D eigenvalue weighted by Gasteiger charge is 2.40. The molecule has 1 heterocycles. The van der Waals surface area contributed by atoms with Gasteiger partial charge in [0.25, 0.3) is 0 Å². The molecular formula is C12H9ClF3NO2. The molecule has 1 aliphatic heterocycles. The van der Waals surface area contributed by atoms with E-state index in [1.54, 1.807) is 0 Å². The first kappa shape index (κ1) is 13.7. The number of hydrogen-bond acceptors (Lipinski definition) is 3. The Morgan fingerprint density at radius 2 is 2.11 bits per heavy atom. The van der Waals surface area contributed by atoms with E-state index in [4.69, 9.17) is 11.8 Å². The van der Waals surface area contributed by atoms with Crippen LogP contribution in [-0.4, -0.2) is 19.3 Å². The highest BCUT2D eigenvalue weighted by Crippen LogP contribution is 2.39. The number of anilines is 1. The Morgan fingerprint density at radius 3 is 2.68 bits per heavy atom. The lowest BCUT2D eigenvalue weighted by Crippen LogP contribution is -2.28. The predicted octanol–water partition coefficient (Wildman–Crippen LogP) is 3.44. The summed E-state index contributed by atoms with van der Waals surface area (Å²) in [5.74, 6) is -0.547. The molecule has 1 aromatic rings. The monoisotopic (exact) mass is 291 g/mol. The van der Waals surface area contributed by atoms with E-state index in [0.717, 1.165) is 6.08 Å². The third-order valence-corrected chi connectivity index (χ3v) is 3.09. The van der Waals surface area contributed by atoms with Gasteiger partial charge in [0.15, 0.2) is 0 Å². The number of rotatable bonds is 1. The summed E-state index contributed by atoms with van der Waals surface area (Å²) in [6.07, 6.45) is -3.48. The van der Waals surface area contributed by atoms with Crippen molar-refractivity contribution < 1.29 is 22.7 Å². The molecule has 0 fully saturated rings. The highest BCUT2D eigenvalue weighted by molar-refractivity contribution is 6.28. The van der Waals surface area contributed by atoms with Crippen molar-refractivity contribution in [2.24, 2.45) is 0 Å². The van der Waals surface area contributed by atoms with Crippen LogP contribution in [0.15, 0.2) is 30.0 Å². The van der Waals surface area contributed by atoms with E-state index >= 15 is 0 Å². The summed E-state index contributed by atoms with van der Waals surface area (Å²) in [4.78, 5) is 11.3. The fourth-order valence-electron chi connectivity index (χ4n) is 1.83. The molecule has 0 spiro atoms. The number of allylic oxidation sites excluding steroid dienone is 2. The highest BCUT2D eigenvalue weighted by atomic mass is 35.5. The number of halogens is 4. The zero-order valence-corrected chi connectivity index (χ0v) is 10.5. The minimum Gasteiger partial charge on any atom is -0.465 e. The van der Waals surface area contributed by atoms with E-state index in [9.17, 15) is 18.0 Å². The maximum absolute atomic E-state index is 12.7. The number of benzene rings is 1. The van der Waals surface area contributed by atoms with Crippen molar-refractivity contribution in [3.8, 4) is 0 Å². The summed E-state index contributed by atoms with van der Waals surface area (Å²) in [5.41, 5.74) is 0.0951. The zero-order chi connectivity index (χ0) is 14.2. The molecule has 0 saturated heterocycles. The van der Waals surface area contributed by atoms with Crippen LogP contribution in [0, 0.1) is 0 Å². The number of esters is 1. The Morgan fingerprint density at radius 1 is 1.42 bits per heavy atom. The second-order valence-electron chi connectivity index (χ2n) is 3.91. The van der Waals surface area contributed by atoms with Gasteiger partial charge in [-0.25, -0.2) is 9.21 Å². The number of ether oxygens (including phenoxy) is 1. The van der Waals surface area contributed by atoms with Gasteiger partial charge in [-0.3, -0.25) is 0 Å². The van der Waals surface area contributed by atoms with E-state index in [-0.39, 0.29) is 17.7 Å². The average Bonchev–Trinajstić information content (AvgIpc) is 2.36. The van der Waals surface area contributed by atoms with Crippen LogP contribution in [0.25, 0.3) is 0 Å². The first-order chi connectivity index (χ1) is 8.84. The SMILES string of the molecule is COC(=O)c1ccc2c(c1)CC=C(C(F)(F)F)N2Cl. The van der Waals surface area contributed by atoms with Crippen LogP contribution in [-0.2, 0) is 11.2 Å². The summed E-state index contributed by atoms with van der Waals surface area (Å²) >= 11 is 5.69. The van der Waals surface area contributed by atoms with Crippen LogP contribution < -0.4 is 4.42 Å². The van der Waals surface area contributed by atoms with E-state index in [1.165, 1.54) is 25.3 Å². The molecule has 0 amide bonds. The van der Waals surface area contributed by atoms with Crippen LogP contribution in [0.2, 0.25) is 0 Å². The topological polar surface area (TPSA) is 29.5 Å². The molecule has 0 N–H and O–H groups in total. The lowest BCUT2D eigenvalue weighted by molar-refractivity contribution is -0.0922. The molecule has 3 nitrogen and oxygen atoms in total. The minimum absolute atomic E-state index is 0.0538. The summed E-state index contributed by atoms with van der Waals surface area (Å²) in [6.45, 7) is 0. The number of nitrogens with zero attached hydrogens (tertiary/aromatic N) is 1. The van der Waals surface area contributed by atoms with Crippen molar-refractivity contribution >= 4 is 23.4 Å². The van der Waals surface area contributed by atoms with E-state index in [2.05, 4.69) is 4.74 Å². The van der Waals surface area contributed by atoms with Crippen molar-refractivity contribution in [3.63, 3.8) is 0 Å². The molecule has 2 rings (SSSR count). The van der Waals surface area contributed by atoms with Crippen molar-refractivity contribution in [1.29, 1.82) is 0 Å². The van der Waals surface area contributed by atoms with Gasteiger partial charge in [0.05, 0.1) is 18.4 Å². The van der Waals surface area contributed by atoms with Crippen molar-refractivity contribution in [3.05, 3.63) is 41.1 Å². The molecule has 0 atom stereocenters. The number of carbonyl (C=O) groups is 1. The van der Waals surface area contributed by atoms with E-state index in [1.807, 2.05) is 0 Å². The fraction of sp³-hybridized carbons (Fsp3) is 0.250. The Kier molecular flexibility index (Phi) is 3.45. The van der Waals surface area contributed by atoms with Gasteiger partial charge in [0.1, 0.15) is 5.70 Å². The van der Waals surface area contributed by atoms with Crippen LogP contribution in [0.3, 0.4) is 0 Å². The molecule has 0 saturated carbocycles. The molecular weight excluding hydrogens is 283 g/mol. The van der Waals surface area contributed by atoms with Crippen molar-refractivity contribution in [2.75, 3.05) is 11.5 Å². The van der Waals surface area contributed by atoms with Crippen LogP contribution in [0.5, 0.6) is 0 Å². The summed E-state index contributed by atoms with van der Waals surface area (Å²) in [7, 11) is 1.23. The fourth-order valence-corrected chi connectivity index (χ4v) is 2.16. The summed E-state index contributed by atoms with van der Waals surface area (Å²) in [5, 5.41) is 0. The number of methoxy groups -OCH3 is 1. The molecule has 19 heavy (non-hydrogen) atoms. The van der Waals surface area contributed by atoms with Crippen molar-refractivity contribution in [2.45, 2.75) is 12.6 Å². The molecule has 0 aromatic heterocycles. The van der Waals surface area contributed by atoms with Gasteiger partial charge in [-0.15, -0.1) is 0 Å². The number of alkyl halides is 3. The van der Waals surface area contributed by atoms with Gasteiger partial charge in [-0.2, -0.15) is 13.2 Å². The molecule has 1 aliphatic rings. The van der Waals surface area contributed by atoms with E-state index in [0.29, 0.717) is 9.98 Å². The van der Waals surface area contributed by atoms with E-state index < -0.39 is 17.8 Å². The Balaban J connectivity index is 2.39. The van der Waals surface area contributed by atoms with Gasteiger partial charge < -0.3 is 4.74 Å². The van der Waals surface area contributed by atoms with Gasteiger partial charge >= 0.3 is 12.1 Å². The molecule has 102 valence electrons. The van der Waals surface area contributed by atoms with Crippen LogP contribution in [0.1, 0.15) is 15.9 Å². The zero-order valence-electron chi connectivity index (χ0n) is 9.79. The van der Waals surface area contributed by atoms with Gasteiger partial charge in [0.2, 0.25) is 0 Å². The third kappa shape index (κ3) is 2.53. The second-order valence-corrected chi connectivity index (χ2v) is 4.25. The minimum atomic E-state index is -4.51. The Bertz CT molecular complexity index is 554. The predicted molar refractivity (Wildman–Crippen MR) is 64.0 cm³/mol. The molecule has 0 aliphatic carbocycles. The Hall–Kier alpha value is -1.69. The van der Waals surface area contributed by atoms with Gasteiger partial charge in [-0.1, -0.05) is 0 Å². The maximum atomic E-state index is 12.7. The first-order valence-corrected chi connectivity index (χ1v) is 5.63. The number of fused-ring (bicyclic) bond motifs is 1. The smallest absolute Gasteiger partial charge is 0.432 e. The molecule has 0 bridgehead atoms. The third-order valence-electron chi connectivity index (χ3n) is 2.73. The largest absolute Gasteiger partial charge is 0.465 e. The maximum Gasteiger partial charge on any atom is 0.432 e. The summed E-state index contributed by atoms with van der Waals surface area (Å²) in [6, 6.07) is 4.22. The second kappa shape index (κ2) is 4.77. The number of hydrogen-bond donors (Lipinski definition) is 0. The lowest BCUT2D eigenvalue weighted by Gasteiger charge is -2.27. The quantitative estimate of drug-likeness (QED) is 0.586. The number of carbonyl (C=O) groups excluding carboxylic acids is 1. The Labute approximate surface area is 112 Å². The average molecular weight is 292 g/mol. The van der Waals surface area contributed by atoms with Crippen LogP contribution in [0.4, 0.5) is 18.9 Å². The first-order valence-electron chi connectivity index (χ1n) is 5.29. The lowest BCUT2D eigenvalue weighted by atomic mass is 10.0. The molecule has 1 aromatic carbocycles. The molecule has 0 radical (unpaired) electrons.